The van der Waals surface area contributed by atoms with Crippen LogP contribution in [0.2, 0.25) is 0 Å². The summed E-state index contributed by atoms with van der Waals surface area (Å²) in [5.74, 6) is 3.06. The van der Waals surface area contributed by atoms with Crippen LogP contribution in [0.4, 0.5) is 0 Å². The van der Waals surface area contributed by atoms with Gasteiger partial charge < -0.3 is 10.3 Å². The van der Waals surface area contributed by atoms with Crippen molar-refractivity contribution in [3.8, 4) is 11.3 Å². The third kappa shape index (κ3) is 4.81. The van der Waals surface area contributed by atoms with Crippen molar-refractivity contribution in [2.45, 2.75) is 6.54 Å². The zero-order chi connectivity index (χ0) is 14.2. The summed E-state index contributed by atoms with van der Waals surface area (Å²) < 4.78 is 1.07. The van der Waals surface area contributed by atoms with Gasteiger partial charge in [-0.15, -0.1) is 6.58 Å². The number of hydrogen-bond donors (Lipinski definition) is 2. The Bertz CT molecular complexity index is 554. The van der Waals surface area contributed by atoms with E-state index < -0.39 is 0 Å². The molecule has 0 radical (unpaired) electrons. The quantitative estimate of drug-likeness (QED) is 0.560. The SMILES string of the molecule is C=CCSCCNCc1ncc(-c2cccc(Br)c2)[nH]1. The van der Waals surface area contributed by atoms with E-state index in [1.807, 2.05) is 36.2 Å². The average Bonchev–Trinajstić information content (AvgIpc) is 2.91. The largest absolute Gasteiger partial charge is 0.341 e. The van der Waals surface area contributed by atoms with E-state index in [1.54, 1.807) is 0 Å². The van der Waals surface area contributed by atoms with Crippen LogP contribution in [0.25, 0.3) is 11.3 Å². The monoisotopic (exact) mass is 351 g/mol. The summed E-state index contributed by atoms with van der Waals surface area (Å²) in [6.07, 6.45) is 3.81. The fourth-order valence-corrected chi connectivity index (χ4v) is 2.79. The second-order valence-electron chi connectivity index (χ2n) is 4.29. The van der Waals surface area contributed by atoms with Crippen LogP contribution in [0.15, 0.2) is 47.6 Å². The molecule has 20 heavy (non-hydrogen) atoms. The van der Waals surface area contributed by atoms with Crippen LogP contribution in [0.3, 0.4) is 0 Å². The molecule has 3 nitrogen and oxygen atoms in total. The fourth-order valence-electron chi connectivity index (χ4n) is 1.77. The van der Waals surface area contributed by atoms with Crippen LogP contribution in [-0.2, 0) is 6.54 Å². The molecule has 1 aromatic heterocycles. The van der Waals surface area contributed by atoms with E-state index in [-0.39, 0.29) is 0 Å². The normalized spacial score (nSPS) is 10.7. The first-order chi connectivity index (χ1) is 9.79. The summed E-state index contributed by atoms with van der Waals surface area (Å²) in [6.45, 7) is 5.45. The summed E-state index contributed by atoms with van der Waals surface area (Å²) in [4.78, 5) is 7.74. The number of imidazole rings is 1. The zero-order valence-corrected chi connectivity index (χ0v) is 13.6. The number of H-pyrrole nitrogens is 1. The van der Waals surface area contributed by atoms with Crippen LogP contribution < -0.4 is 5.32 Å². The first-order valence-corrected chi connectivity index (χ1v) is 8.43. The Hall–Kier alpha value is -1.04. The number of halogens is 1. The molecule has 0 bridgehead atoms. The Morgan fingerprint density at radius 2 is 2.35 bits per heavy atom. The van der Waals surface area contributed by atoms with Gasteiger partial charge >= 0.3 is 0 Å². The van der Waals surface area contributed by atoms with Gasteiger partial charge in [0.1, 0.15) is 5.82 Å². The van der Waals surface area contributed by atoms with E-state index in [9.17, 15) is 0 Å². The molecule has 0 atom stereocenters. The summed E-state index contributed by atoms with van der Waals surface area (Å²) in [6, 6.07) is 8.19. The molecule has 0 aliphatic carbocycles. The molecule has 1 aromatic carbocycles. The van der Waals surface area contributed by atoms with Gasteiger partial charge in [-0.25, -0.2) is 4.98 Å². The molecule has 0 fully saturated rings. The van der Waals surface area contributed by atoms with Gasteiger partial charge in [0.05, 0.1) is 18.4 Å². The van der Waals surface area contributed by atoms with Crippen LogP contribution >= 0.6 is 27.7 Å². The van der Waals surface area contributed by atoms with Gasteiger partial charge in [0.25, 0.3) is 0 Å². The van der Waals surface area contributed by atoms with Crippen molar-refractivity contribution in [3.63, 3.8) is 0 Å². The molecule has 0 spiro atoms. The van der Waals surface area contributed by atoms with Crippen molar-refractivity contribution in [2.24, 2.45) is 0 Å². The van der Waals surface area contributed by atoms with Crippen LogP contribution in [0, 0.1) is 0 Å². The second-order valence-corrected chi connectivity index (χ2v) is 6.36. The van der Waals surface area contributed by atoms with Gasteiger partial charge in [-0.05, 0) is 12.1 Å². The molecule has 2 N–H and O–H groups in total. The Labute approximate surface area is 132 Å². The molecule has 0 aliphatic heterocycles. The number of nitrogens with one attached hydrogen (secondary N) is 2. The average molecular weight is 352 g/mol. The van der Waals surface area contributed by atoms with Crippen LogP contribution in [-0.4, -0.2) is 28.0 Å². The van der Waals surface area contributed by atoms with E-state index in [4.69, 9.17) is 0 Å². The standard InChI is InChI=1S/C15H18BrN3S/c1-2-7-20-8-6-17-11-15-18-10-14(19-15)12-4-3-5-13(16)9-12/h2-5,9-10,17H,1,6-8,11H2,(H,18,19). The molecule has 5 heteroatoms. The Morgan fingerprint density at radius 1 is 1.45 bits per heavy atom. The lowest BCUT2D eigenvalue weighted by Crippen LogP contribution is -2.17. The number of nitrogens with zero attached hydrogens (tertiary/aromatic N) is 1. The Kier molecular flexibility index (Phi) is 6.36. The topological polar surface area (TPSA) is 40.7 Å². The zero-order valence-electron chi connectivity index (χ0n) is 11.2. The summed E-state index contributed by atoms with van der Waals surface area (Å²) in [5.41, 5.74) is 2.18. The predicted molar refractivity (Wildman–Crippen MR) is 91.0 cm³/mol. The van der Waals surface area contributed by atoms with E-state index in [0.717, 1.165) is 46.1 Å². The lowest BCUT2D eigenvalue weighted by Gasteiger charge is -2.02. The highest BCUT2D eigenvalue weighted by Crippen LogP contribution is 2.21. The minimum absolute atomic E-state index is 0.767. The number of thioether (sulfide) groups is 1. The van der Waals surface area contributed by atoms with Crippen LogP contribution in [0.5, 0.6) is 0 Å². The number of aromatic amines is 1. The number of benzene rings is 1. The third-order valence-corrected chi connectivity index (χ3v) is 4.17. The second kappa shape index (κ2) is 8.29. The molecule has 0 saturated carbocycles. The maximum Gasteiger partial charge on any atom is 0.120 e. The molecule has 106 valence electrons. The first kappa shape index (κ1) is 15.4. The highest BCUT2D eigenvalue weighted by atomic mass is 79.9. The van der Waals surface area contributed by atoms with Gasteiger partial charge in [0.2, 0.25) is 0 Å². The van der Waals surface area contributed by atoms with Crippen molar-refractivity contribution >= 4 is 27.7 Å². The molecule has 2 aromatic rings. The smallest absolute Gasteiger partial charge is 0.120 e. The Morgan fingerprint density at radius 3 is 3.15 bits per heavy atom. The number of hydrogen-bond acceptors (Lipinski definition) is 3. The molecule has 0 aliphatic rings. The minimum Gasteiger partial charge on any atom is -0.341 e. The van der Waals surface area contributed by atoms with Crippen molar-refractivity contribution in [1.29, 1.82) is 0 Å². The molecule has 0 saturated heterocycles. The molecule has 2 rings (SSSR count). The van der Waals surface area contributed by atoms with Crippen molar-refractivity contribution < 1.29 is 0 Å². The fraction of sp³-hybridized carbons (Fsp3) is 0.267. The van der Waals surface area contributed by atoms with Gasteiger partial charge in [-0.3, -0.25) is 0 Å². The third-order valence-electron chi connectivity index (χ3n) is 2.72. The van der Waals surface area contributed by atoms with Gasteiger partial charge in [0, 0.05) is 28.1 Å². The molecule has 1 heterocycles. The summed E-state index contributed by atoms with van der Waals surface area (Å²) in [7, 11) is 0. The predicted octanol–water partition coefficient (Wildman–Crippen LogP) is 3.85. The van der Waals surface area contributed by atoms with Crippen molar-refractivity contribution in [1.82, 2.24) is 15.3 Å². The van der Waals surface area contributed by atoms with Gasteiger partial charge in [0.15, 0.2) is 0 Å². The molecular weight excluding hydrogens is 334 g/mol. The highest BCUT2D eigenvalue weighted by Gasteiger charge is 2.03. The van der Waals surface area contributed by atoms with E-state index in [1.165, 1.54) is 0 Å². The molecule has 0 unspecified atom stereocenters. The highest BCUT2D eigenvalue weighted by molar-refractivity contribution is 9.10. The minimum atomic E-state index is 0.767. The molecular formula is C15H18BrN3S. The summed E-state index contributed by atoms with van der Waals surface area (Å²) in [5, 5.41) is 3.38. The van der Waals surface area contributed by atoms with Crippen molar-refractivity contribution in [2.75, 3.05) is 18.1 Å². The lowest BCUT2D eigenvalue weighted by atomic mass is 10.2. The summed E-state index contributed by atoms with van der Waals surface area (Å²) >= 11 is 5.36. The van der Waals surface area contributed by atoms with Gasteiger partial charge in [-0.1, -0.05) is 34.1 Å². The number of aromatic nitrogens is 2. The maximum atomic E-state index is 4.40. The van der Waals surface area contributed by atoms with Crippen molar-refractivity contribution in [3.05, 3.63) is 53.4 Å². The number of rotatable bonds is 8. The molecule has 0 amide bonds. The van der Waals surface area contributed by atoms with E-state index in [0.29, 0.717) is 0 Å². The first-order valence-electron chi connectivity index (χ1n) is 6.49. The van der Waals surface area contributed by atoms with Crippen LogP contribution in [0.1, 0.15) is 5.82 Å². The Balaban J connectivity index is 1.82. The van der Waals surface area contributed by atoms with Gasteiger partial charge in [-0.2, -0.15) is 11.8 Å². The lowest BCUT2D eigenvalue weighted by molar-refractivity contribution is 0.703. The van der Waals surface area contributed by atoms with E-state index in [2.05, 4.69) is 49.9 Å². The van der Waals surface area contributed by atoms with E-state index >= 15 is 0 Å². The maximum absolute atomic E-state index is 4.40.